The molecule has 21 heavy (non-hydrogen) atoms. The smallest absolute Gasteiger partial charge is 0.322 e. The van der Waals surface area contributed by atoms with Gasteiger partial charge in [-0.2, -0.15) is 4.31 Å². The summed E-state index contributed by atoms with van der Waals surface area (Å²) in [6, 6.07) is 3.42. The topological polar surface area (TPSA) is 115 Å². The van der Waals surface area contributed by atoms with E-state index in [9.17, 15) is 28.5 Å². The number of hydrogen-bond acceptors (Lipinski definition) is 5. The number of aliphatic carboxylic acids is 1. The van der Waals surface area contributed by atoms with Crippen LogP contribution >= 0.6 is 0 Å². The van der Waals surface area contributed by atoms with E-state index in [2.05, 4.69) is 0 Å². The molecule has 116 valence electrons. The average molecular weight is 315 g/mol. The van der Waals surface area contributed by atoms with Gasteiger partial charge in [-0.1, -0.05) is 17.7 Å². The van der Waals surface area contributed by atoms with E-state index >= 15 is 0 Å². The van der Waals surface area contributed by atoms with E-state index in [-0.39, 0.29) is 11.3 Å². The summed E-state index contributed by atoms with van der Waals surface area (Å²) in [6.45, 7) is 1.16. The Hall–Kier alpha value is -1.48. The molecule has 1 heterocycles. The molecule has 1 aliphatic heterocycles. The Morgan fingerprint density at radius 2 is 1.90 bits per heavy atom. The highest BCUT2D eigenvalue weighted by molar-refractivity contribution is 7.89. The summed E-state index contributed by atoms with van der Waals surface area (Å²) in [5.41, 5.74) is 0.865. The number of aliphatic hydroxyl groups is 2. The summed E-state index contributed by atoms with van der Waals surface area (Å²) in [7, 11) is -4.11. The van der Waals surface area contributed by atoms with Gasteiger partial charge in [0.2, 0.25) is 10.0 Å². The molecule has 1 fully saturated rings. The Labute approximate surface area is 122 Å². The number of benzene rings is 1. The second kappa shape index (κ2) is 5.72. The predicted molar refractivity (Wildman–Crippen MR) is 73.1 cm³/mol. The summed E-state index contributed by atoms with van der Waals surface area (Å²) in [5, 5.41) is 28.3. The van der Waals surface area contributed by atoms with E-state index in [0.29, 0.717) is 4.31 Å². The highest BCUT2D eigenvalue weighted by atomic mass is 32.2. The van der Waals surface area contributed by atoms with E-state index in [1.165, 1.54) is 12.1 Å². The molecule has 8 heteroatoms. The molecule has 0 radical (unpaired) electrons. The molecule has 7 nitrogen and oxygen atoms in total. The lowest BCUT2D eigenvalue weighted by Crippen LogP contribution is -2.47. The van der Waals surface area contributed by atoms with Gasteiger partial charge in [0.25, 0.3) is 0 Å². The normalized spacial score (nSPS) is 26.9. The lowest BCUT2D eigenvalue weighted by molar-refractivity contribution is -0.141. The van der Waals surface area contributed by atoms with Crippen LogP contribution in [0.25, 0.3) is 0 Å². The molecule has 0 aromatic heterocycles. The number of carboxylic acid groups (broad SMARTS) is 1. The molecule has 0 aliphatic carbocycles. The number of rotatable bonds is 4. The van der Waals surface area contributed by atoms with Gasteiger partial charge >= 0.3 is 5.97 Å². The van der Waals surface area contributed by atoms with Crippen LogP contribution in [0.5, 0.6) is 0 Å². The van der Waals surface area contributed by atoms with E-state index < -0.39 is 40.8 Å². The molecule has 0 amide bonds. The Balaban J connectivity index is 2.48. The number of aliphatic hydroxyl groups excluding tert-OH is 2. The van der Waals surface area contributed by atoms with Crippen molar-refractivity contribution in [3.05, 3.63) is 29.8 Å². The summed E-state index contributed by atoms with van der Waals surface area (Å²) >= 11 is 0. The fraction of sp³-hybridized carbons (Fsp3) is 0.462. The highest BCUT2D eigenvalue weighted by Crippen LogP contribution is 2.31. The van der Waals surface area contributed by atoms with Crippen LogP contribution in [0.3, 0.4) is 0 Å². The zero-order valence-electron chi connectivity index (χ0n) is 11.4. The summed E-state index contributed by atoms with van der Waals surface area (Å²) in [4.78, 5) is 11.2. The van der Waals surface area contributed by atoms with Crippen molar-refractivity contribution in [3.63, 3.8) is 0 Å². The molecule has 1 aliphatic rings. The van der Waals surface area contributed by atoms with Gasteiger partial charge in [-0.15, -0.1) is 0 Å². The van der Waals surface area contributed by atoms with E-state index in [4.69, 9.17) is 0 Å². The van der Waals surface area contributed by atoms with Crippen LogP contribution in [-0.2, 0) is 14.8 Å². The summed E-state index contributed by atoms with van der Waals surface area (Å²) in [5.74, 6) is -1.35. The van der Waals surface area contributed by atoms with Crippen molar-refractivity contribution in [2.24, 2.45) is 0 Å². The van der Waals surface area contributed by atoms with Gasteiger partial charge in [-0.3, -0.25) is 4.79 Å². The third kappa shape index (κ3) is 2.80. The first kappa shape index (κ1) is 15.9. The van der Waals surface area contributed by atoms with Crippen molar-refractivity contribution < 1.29 is 28.5 Å². The second-order valence-electron chi connectivity index (χ2n) is 5.06. The zero-order valence-corrected chi connectivity index (χ0v) is 12.2. The van der Waals surface area contributed by atoms with Crippen LogP contribution in [0.4, 0.5) is 0 Å². The Morgan fingerprint density at radius 1 is 1.33 bits per heavy atom. The molecule has 1 saturated heterocycles. The third-order valence-corrected chi connectivity index (χ3v) is 5.56. The lowest BCUT2D eigenvalue weighted by atomic mass is 10.1. The zero-order chi connectivity index (χ0) is 15.8. The number of carboxylic acids is 1. The molecule has 3 N–H and O–H groups in total. The second-order valence-corrected chi connectivity index (χ2v) is 6.90. The van der Waals surface area contributed by atoms with Crippen LogP contribution in [0.15, 0.2) is 29.2 Å². The van der Waals surface area contributed by atoms with Gasteiger partial charge in [0.15, 0.2) is 0 Å². The molecular formula is C13H17NO6S. The van der Waals surface area contributed by atoms with Crippen molar-refractivity contribution in [1.29, 1.82) is 0 Å². The average Bonchev–Trinajstić information content (AvgIpc) is 2.77. The first-order valence-corrected chi connectivity index (χ1v) is 7.85. The number of aryl methyl sites for hydroxylation is 1. The SMILES string of the molecule is Cc1ccc(S(=O)(=O)N2[C@@H](C(=O)O)C[C@@H](O)[C@@H]2CO)cc1. The number of sulfonamides is 1. The van der Waals surface area contributed by atoms with Crippen molar-refractivity contribution in [2.75, 3.05) is 6.61 Å². The largest absolute Gasteiger partial charge is 0.480 e. The quantitative estimate of drug-likeness (QED) is 0.694. The molecule has 0 bridgehead atoms. The molecule has 2 rings (SSSR count). The Bertz CT molecular complexity index is 627. The van der Waals surface area contributed by atoms with Crippen molar-refractivity contribution >= 4 is 16.0 Å². The van der Waals surface area contributed by atoms with Gasteiger partial charge in [0, 0.05) is 6.42 Å². The van der Waals surface area contributed by atoms with Gasteiger partial charge in [-0.25, -0.2) is 8.42 Å². The summed E-state index contributed by atoms with van der Waals surface area (Å²) in [6.07, 6.45) is -1.46. The van der Waals surface area contributed by atoms with Crippen LogP contribution in [0, 0.1) is 6.92 Å². The van der Waals surface area contributed by atoms with Crippen LogP contribution in [0.2, 0.25) is 0 Å². The Kier molecular flexibility index (Phi) is 4.33. The number of carbonyl (C=O) groups is 1. The van der Waals surface area contributed by atoms with Crippen LogP contribution in [0.1, 0.15) is 12.0 Å². The van der Waals surface area contributed by atoms with Crippen molar-refractivity contribution in [2.45, 2.75) is 36.4 Å². The minimum absolute atomic E-state index is 0.0631. The molecule has 3 atom stereocenters. The molecule has 1 aromatic carbocycles. The fourth-order valence-corrected chi connectivity index (χ4v) is 4.28. The molecule has 0 unspecified atom stereocenters. The van der Waals surface area contributed by atoms with E-state index in [0.717, 1.165) is 5.56 Å². The predicted octanol–water partition coefficient (Wildman–Crippen LogP) is -0.436. The third-order valence-electron chi connectivity index (χ3n) is 3.61. The van der Waals surface area contributed by atoms with Gasteiger partial charge < -0.3 is 15.3 Å². The fourth-order valence-electron chi connectivity index (χ4n) is 2.48. The highest BCUT2D eigenvalue weighted by Gasteiger charge is 2.50. The molecular weight excluding hydrogens is 298 g/mol. The van der Waals surface area contributed by atoms with E-state index in [1.54, 1.807) is 19.1 Å². The van der Waals surface area contributed by atoms with E-state index in [1.807, 2.05) is 0 Å². The van der Waals surface area contributed by atoms with Crippen molar-refractivity contribution in [1.82, 2.24) is 4.31 Å². The maximum atomic E-state index is 12.6. The summed E-state index contributed by atoms with van der Waals surface area (Å²) < 4.78 is 25.9. The molecule has 1 aromatic rings. The first-order valence-electron chi connectivity index (χ1n) is 6.41. The minimum atomic E-state index is -4.11. The lowest BCUT2D eigenvalue weighted by Gasteiger charge is -2.26. The molecule has 0 saturated carbocycles. The van der Waals surface area contributed by atoms with Gasteiger partial charge in [0.05, 0.1) is 23.6 Å². The Morgan fingerprint density at radius 3 is 2.38 bits per heavy atom. The van der Waals surface area contributed by atoms with Gasteiger partial charge in [-0.05, 0) is 19.1 Å². The standard InChI is InChI=1S/C13H17NO6S/c1-8-2-4-9(5-3-8)21(19,20)14-10(13(17)18)6-12(16)11(14)7-15/h2-5,10-12,15-16H,6-7H2,1H3,(H,17,18)/t10-,11+,12-/m1/s1. The maximum Gasteiger partial charge on any atom is 0.322 e. The minimum Gasteiger partial charge on any atom is -0.480 e. The number of nitrogens with zero attached hydrogens (tertiary/aromatic N) is 1. The monoisotopic (exact) mass is 315 g/mol. The maximum absolute atomic E-state index is 12.6. The van der Waals surface area contributed by atoms with Crippen LogP contribution in [-0.4, -0.2) is 58.8 Å². The molecule has 0 spiro atoms. The van der Waals surface area contributed by atoms with Crippen LogP contribution < -0.4 is 0 Å². The first-order chi connectivity index (χ1) is 9.78. The van der Waals surface area contributed by atoms with Gasteiger partial charge in [0.1, 0.15) is 6.04 Å². The van der Waals surface area contributed by atoms with Crippen molar-refractivity contribution in [3.8, 4) is 0 Å². The number of hydrogen-bond donors (Lipinski definition) is 3.